The third-order valence-corrected chi connectivity index (χ3v) is 7.90. The Hall–Kier alpha value is -3.83. The third kappa shape index (κ3) is 10.6. The van der Waals surface area contributed by atoms with E-state index in [1.807, 2.05) is 24.3 Å². The predicted octanol–water partition coefficient (Wildman–Crippen LogP) is 6.86. The van der Waals surface area contributed by atoms with Gasteiger partial charge in [0.1, 0.15) is 34.3 Å². The summed E-state index contributed by atoms with van der Waals surface area (Å²) in [4.78, 5) is 31.3. The zero-order valence-electron chi connectivity index (χ0n) is 27.5. The number of halogens is 1. The highest BCUT2D eigenvalue weighted by Gasteiger charge is 2.30. The first kappa shape index (κ1) is 35.6. The van der Waals surface area contributed by atoms with Crippen LogP contribution in [0.1, 0.15) is 85.2 Å². The number of esters is 1. The van der Waals surface area contributed by atoms with Crippen molar-refractivity contribution >= 4 is 27.9 Å². The van der Waals surface area contributed by atoms with Gasteiger partial charge < -0.3 is 9.47 Å². The number of hydrogen-bond donors (Lipinski definition) is 1. The first-order valence-corrected chi connectivity index (χ1v) is 16.2. The minimum atomic E-state index is -4.35. The number of hydrogen-bond acceptors (Lipinski definition) is 7. The van der Waals surface area contributed by atoms with Crippen LogP contribution in [0.15, 0.2) is 71.6 Å². The van der Waals surface area contributed by atoms with Gasteiger partial charge in [-0.1, -0.05) is 63.2 Å². The summed E-state index contributed by atoms with van der Waals surface area (Å²) in [5.41, 5.74) is 0.381. The Balaban J connectivity index is 2.08. The highest BCUT2D eigenvalue weighted by molar-refractivity contribution is 7.89. The molecule has 11 heteroatoms. The molecule has 1 atom stereocenters. The van der Waals surface area contributed by atoms with E-state index in [1.165, 1.54) is 24.3 Å². The van der Waals surface area contributed by atoms with Crippen LogP contribution >= 0.6 is 0 Å². The molecule has 0 spiro atoms. The standard InChI is InChI=1S/C34H44FN3O6S/c1-32(2,3)24-19-17-23(18-20-24)21-27(37-45(41,42)28-15-11-10-13-25(28)35)26-14-12-16-29(36-26)38(31(40)44-34(7,8)9)22-30(39)43-33(4,5)6/h10-20,27,37H,21-22H2,1-9H3. The van der Waals surface area contributed by atoms with Gasteiger partial charge in [-0.05, 0) is 88.8 Å². The number of nitrogens with zero attached hydrogens (tertiary/aromatic N) is 2. The van der Waals surface area contributed by atoms with Gasteiger partial charge >= 0.3 is 12.1 Å². The molecule has 0 aliphatic heterocycles. The van der Waals surface area contributed by atoms with Crippen LogP contribution in [-0.2, 0) is 36.1 Å². The van der Waals surface area contributed by atoms with E-state index < -0.39 is 56.6 Å². The van der Waals surface area contributed by atoms with Gasteiger partial charge in [0.15, 0.2) is 0 Å². The Labute approximate surface area is 266 Å². The van der Waals surface area contributed by atoms with Crippen molar-refractivity contribution in [2.75, 3.05) is 11.4 Å². The number of amides is 1. The van der Waals surface area contributed by atoms with Crippen LogP contribution in [0.4, 0.5) is 15.0 Å². The molecule has 1 unspecified atom stereocenters. The van der Waals surface area contributed by atoms with Gasteiger partial charge in [0.25, 0.3) is 0 Å². The molecule has 2 aromatic carbocycles. The number of rotatable bonds is 9. The summed E-state index contributed by atoms with van der Waals surface area (Å²) in [6.45, 7) is 16.0. The Morgan fingerprint density at radius 1 is 0.844 bits per heavy atom. The average Bonchev–Trinajstić information content (AvgIpc) is 2.89. The smallest absolute Gasteiger partial charge is 0.416 e. The molecule has 3 aromatic rings. The van der Waals surface area contributed by atoms with Crippen molar-refractivity contribution in [3.63, 3.8) is 0 Å². The van der Waals surface area contributed by atoms with Gasteiger partial charge in [0.2, 0.25) is 10.0 Å². The van der Waals surface area contributed by atoms with Crippen molar-refractivity contribution in [3.05, 3.63) is 89.4 Å². The van der Waals surface area contributed by atoms with E-state index in [9.17, 15) is 22.4 Å². The van der Waals surface area contributed by atoms with Crippen molar-refractivity contribution in [1.82, 2.24) is 9.71 Å². The number of aromatic nitrogens is 1. The van der Waals surface area contributed by atoms with E-state index in [2.05, 4.69) is 30.5 Å². The van der Waals surface area contributed by atoms with Crippen LogP contribution < -0.4 is 9.62 Å². The van der Waals surface area contributed by atoms with Crippen molar-refractivity contribution in [1.29, 1.82) is 0 Å². The monoisotopic (exact) mass is 641 g/mol. The molecule has 3 rings (SSSR count). The quantitative estimate of drug-likeness (QED) is 0.254. The lowest BCUT2D eigenvalue weighted by atomic mass is 9.86. The highest BCUT2D eigenvalue weighted by atomic mass is 32.2. The summed E-state index contributed by atoms with van der Waals surface area (Å²) in [6, 6.07) is 16.6. The summed E-state index contributed by atoms with van der Waals surface area (Å²) < 4.78 is 55.1. The number of carbonyl (C=O) groups is 2. The van der Waals surface area contributed by atoms with Gasteiger partial charge in [0, 0.05) is 0 Å². The third-order valence-electron chi connectivity index (χ3n) is 6.39. The SMILES string of the molecule is CC(C)(C)OC(=O)CN(C(=O)OC(C)(C)C)c1cccc(C(Cc2ccc(C(C)(C)C)cc2)NS(=O)(=O)c2ccccc2F)n1. The zero-order valence-corrected chi connectivity index (χ0v) is 28.3. The van der Waals surface area contributed by atoms with Crippen LogP contribution in [0.25, 0.3) is 0 Å². The summed E-state index contributed by atoms with van der Waals surface area (Å²) in [7, 11) is -4.35. The van der Waals surface area contributed by atoms with Gasteiger partial charge in [0.05, 0.1) is 11.7 Å². The number of benzene rings is 2. The molecule has 0 fully saturated rings. The van der Waals surface area contributed by atoms with Crippen LogP contribution in [0.2, 0.25) is 0 Å². The number of ether oxygens (including phenoxy) is 2. The second-order valence-corrected chi connectivity index (χ2v) is 15.5. The Kier molecular flexibility index (Phi) is 10.8. The van der Waals surface area contributed by atoms with E-state index in [0.29, 0.717) is 0 Å². The van der Waals surface area contributed by atoms with Gasteiger partial charge in [-0.25, -0.2) is 27.3 Å². The molecule has 45 heavy (non-hydrogen) atoms. The van der Waals surface area contributed by atoms with Gasteiger partial charge in [-0.2, -0.15) is 0 Å². The lowest BCUT2D eigenvalue weighted by Crippen LogP contribution is -2.42. The van der Waals surface area contributed by atoms with E-state index in [1.54, 1.807) is 53.7 Å². The van der Waals surface area contributed by atoms with Crippen LogP contribution in [0, 0.1) is 5.82 Å². The summed E-state index contributed by atoms with van der Waals surface area (Å²) >= 11 is 0. The van der Waals surface area contributed by atoms with E-state index >= 15 is 0 Å². The van der Waals surface area contributed by atoms with E-state index in [4.69, 9.17) is 9.47 Å². The zero-order chi connectivity index (χ0) is 33.8. The fraction of sp³-hybridized carbons (Fsp3) is 0.441. The molecule has 0 aliphatic carbocycles. The number of sulfonamides is 1. The minimum absolute atomic E-state index is 0.0470. The van der Waals surface area contributed by atoms with E-state index in [0.717, 1.165) is 22.1 Å². The van der Waals surface area contributed by atoms with Crippen molar-refractivity contribution in [3.8, 4) is 0 Å². The first-order valence-electron chi connectivity index (χ1n) is 14.7. The van der Waals surface area contributed by atoms with Gasteiger partial charge in [-0.3, -0.25) is 9.69 Å². The summed E-state index contributed by atoms with van der Waals surface area (Å²) in [5.74, 6) is -1.53. The molecule has 0 bridgehead atoms. The van der Waals surface area contributed by atoms with Crippen LogP contribution in [0.5, 0.6) is 0 Å². The lowest BCUT2D eigenvalue weighted by molar-refractivity contribution is -0.153. The topological polar surface area (TPSA) is 115 Å². The number of pyridine rings is 1. The molecule has 0 aliphatic rings. The Morgan fingerprint density at radius 2 is 1.44 bits per heavy atom. The van der Waals surface area contributed by atoms with Gasteiger partial charge in [-0.15, -0.1) is 0 Å². The van der Waals surface area contributed by atoms with Crippen LogP contribution in [0.3, 0.4) is 0 Å². The molecule has 1 N–H and O–H groups in total. The maximum atomic E-state index is 14.6. The van der Waals surface area contributed by atoms with Crippen molar-refractivity contribution < 1.29 is 31.9 Å². The molecule has 1 amide bonds. The second kappa shape index (κ2) is 13.7. The average molecular weight is 642 g/mol. The highest BCUT2D eigenvalue weighted by Crippen LogP contribution is 2.27. The van der Waals surface area contributed by atoms with E-state index in [-0.39, 0.29) is 23.3 Å². The molecule has 0 saturated heterocycles. The fourth-order valence-electron chi connectivity index (χ4n) is 4.34. The van der Waals surface area contributed by atoms with Crippen molar-refractivity contribution in [2.45, 2.75) is 96.3 Å². The first-order chi connectivity index (χ1) is 20.6. The minimum Gasteiger partial charge on any atom is -0.459 e. The molecular formula is C34H44FN3O6S. The Bertz CT molecular complexity index is 1600. The molecule has 0 saturated carbocycles. The fourth-order valence-corrected chi connectivity index (χ4v) is 5.63. The summed E-state index contributed by atoms with van der Waals surface area (Å²) in [6.07, 6.45) is -0.674. The largest absolute Gasteiger partial charge is 0.459 e. The predicted molar refractivity (Wildman–Crippen MR) is 172 cm³/mol. The molecule has 1 aromatic heterocycles. The lowest BCUT2D eigenvalue weighted by Gasteiger charge is -2.28. The van der Waals surface area contributed by atoms with Crippen LogP contribution in [-0.4, -0.2) is 43.2 Å². The normalized spacial score (nSPS) is 13.2. The molecule has 0 radical (unpaired) electrons. The number of nitrogens with one attached hydrogen (secondary N) is 1. The molecule has 244 valence electrons. The number of anilines is 1. The maximum Gasteiger partial charge on any atom is 0.416 e. The number of carbonyl (C=O) groups excluding carboxylic acids is 2. The maximum absolute atomic E-state index is 14.6. The van der Waals surface area contributed by atoms with Crippen molar-refractivity contribution in [2.24, 2.45) is 0 Å². The Morgan fingerprint density at radius 3 is 2.00 bits per heavy atom. The molecular weight excluding hydrogens is 597 g/mol. The summed E-state index contributed by atoms with van der Waals surface area (Å²) in [5, 5.41) is 0. The molecule has 1 heterocycles. The second-order valence-electron chi connectivity index (χ2n) is 13.8. The molecule has 9 nitrogen and oxygen atoms in total.